The minimum Gasteiger partial charge on any atom is -0.468 e. The number of hydrogen-bond acceptors (Lipinski definition) is 3. The molecule has 0 radical (unpaired) electrons. The molecular weight excluding hydrogens is 316 g/mol. The summed E-state index contributed by atoms with van der Waals surface area (Å²) in [6.45, 7) is 3.80. The molecule has 0 aromatic heterocycles. The maximum absolute atomic E-state index is 12.6. The van der Waals surface area contributed by atoms with E-state index in [2.05, 4.69) is 6.58 Å². The number of ether oxygens (including phenoxy) is 1. The lowest BCUT2D eigenvalue weighted by atomic mass is 9.94. The predicted octanol–water partition coefficient (Wildman–Crippen LogP) is 5.08. The first-order valence-corrected chi connectivity index (χ1v) is 8.01. The first-order valence-electron chi connectivity index (χ1n) is 6.82. The van der Waals surface area contributed by atoms with Gasteiger partial charge in [0.1, 0.15) is 4.75 Å². The Hall–Kier alpha value is -1.71. The number of halogens is 1. The van der Waals surface area contributed by atoms with Crippen LogP contribution in [0.2, 0.25) is 5.02 Å². The second kappa shape index (κ2) is 7.52. The number of benzene rings is 2. The van der Waals surface area contributed by atoms with Crippen LogP contribution >= 0.6 is 23.4 Å². The average Bonchev–Trinajstić information content (AvgIpc) is 2.55. The number of esters is 1. The molecule has 4 heteroatoms. The van der Waals surface area contributed by atoms with Crippen molar-refractivity contribution in [3.63, 3.8) is 0 Å². The Morgan fingerprint density at radius 1 is 1.23 bits per heavy atom. The molecule has 0 amide bonds. The zero-order valence-electron chi connectivity index (χ0n) is 12.3. The monoisotopic (exact) mass is 332 g/mol. The van der Waals surface area contributed by atoms with Crippen molar-refractivity contribution in [1.82, 2.24) is 0 Å². The van der Waals surface area contributed by atoms with E-state index in [4.69, 9.17) is 16.3 Å². The van der Waals surface area contributed by atoms with Crippen molar-refractivity contribution in [3.05, 3.63) is 77.8 Å². The van der Waals surface area contributed by atoms with Crippen molar-refractivity contribution in [2.45, 2.75) is 16.1 Å². The molecule has 0 fully saturated rings. The number of methoxy groups -OCH3 is 1. The molecule has 0 aliphatic heterocycles. The zero-order chi connectivity index (χ0) is 16.0. The van der Waals surface area contributed by atoms with Crippen LogP contribution in [0.15, 0.2) is 72.1 Å². The molecule has 0 heterocycles. The van der Waals surface area contributed by atoms with Crippen LogP contribution < -0.4 is 0 Å². The van der Waals surface area contributed by atoms with Crippen LogP contribution in [0.4, 0.5) is 0 Å². The summed E-state index contributed by atoms with van der Waals surface area (Å²) in [6.07, 6.45) is 2.20. The van der Waals surface area contributed by atoms with Gasteiger partial charge in [0.15, 0.2) is 0 Å². The Morgan fingerprint density at radius 2 is 1.86 bits per heavy atom. The molecule has 2 aromatic carbocycles. The van der Waals surface area contributed by atoms with E-state index in [-0.39, 0.29) is 5.97 Å². The molecule has 2 rings (SSSR count). The maximum atomic E-state index is 12.6. The average molecular weight is 333 g/mol. The predicted molar refractivity (Wildman–Crippen MR) is 92.3 cm³/mol. The number of allylic oxidation sites excluding steroid dienone is 1. The molecule has 1 atom stereocenters. The first-order chi connectivity index (χ1) is 10.6. The van der Waals surface area contributed by atoms with Gasteiger partial charge in [-0.15, -0.1) is 18.3 Å². The number of hydrogen-bond donors (Lipinski definition) is 0. The molecule has 0 saturated heterocycles. The molecule has 2 aromatic rings. The second-order valence-corrected chi connectivity index (χ2v) is 6.54. The van der Waals surface area contributed by atoms with E-state index < -0.39 is 4.75 Å². The van der Waals surface area contributed by atoms with Crippen molar-refractivity contribution >= 4 is 29.3 Å². The Labute approximate surface area is 140 Å². The lowest BCUT2D eigenvalue weighted by molar-refractivity contribution is -0.143. The van der Waals surface area contributed by atoms with Crippen LogP contribution in [0, 0.1) is 0 Å². The summed E-state index contributed by atoms with van der Waals surface area (Å²) in [5.41, 5.74) is 0.845. The van der Waals surface area contributed by atoms with E-state index >= 15 is 0 Å². The zero-order valence-corrected chi connectivity index (χ0v) is 13.9. The molecule has 0 spiro atoms. The number of rotatable bonds is 6. The van der Waals surface area contributed by atoms with E-state index in [0.29, 0.717) is 11.4 Å². The van der Waals surface area contributed by atoms with Crippen molar-refractivity contribution < 1.29 is 9.53 Å². The highest BCUT2D eigenvalue weighted by atomic mass is 35.5. The van der Waals surface area contributed by atoms with Crippen molar-refractivity contribution in [1.29, 1.82) is 0 Å². The maximum Gasteiger partial charge on any atom is 0.327 e. The van der Waals surface area contributed by atoms with Crippen LogP contribution in [0.1, 0.15) is 12.0 Å². The lowest BCUT2D eigenvalue weighted by Gasteiger charge is -2.30. The van der Waals surface area contributed by atoms with Crippen LogP contribution in [-0.4, -0.2) is 13.1 Å². The van der Waals surface area contributed by atoms with E-state index in [1.54, 1.807) is 18.2 Å². The van der Waals surface area contributed by atoms with Gasteiger partial charge in [-0.05, 0) is 36.2 Å². The van der Waals surface area contributed by atoms with Gasteiger partial charge in [-0.3, -0.25) is 4.79 Å². The van der Waals surface area contributed by atoms with Gasteiger partial charge in [-0.1, -0.05) is 48.0 Å². The molecule has 0 bridgehead atoms. The molecule has 0 aliphatic rings. The van der Waals surface area contributed by atoms with Crippen molar-refractivity contribution in [2.24, 2.45) is 0 Å². The summed E-state index contributed by atoms with van der Waals surface area (Å²) < 4.78 is 4.21. The molecule has 0 saturated carbocycles. The van der Waals surface area contributed by atoms with Crippen LogP contribution in [0.3, 0.4) is 0 Å². The third-order valence-electron chi connectivity index (χ3n) is 3.29. The molecule has 2 nitrogen and oxygen atoms in total. The molecule has 114 valence electrons. The summed E-state index contributed by atoms with van der Waals surface area (Å²) in [4.78, 5) is 13.6. The van der Waals surface area contributed by atoms with Gasteiger partial charge < -0.3 is 4.74 Å². The number of carbonyl (C=O) groups excluding carboxylic acids is 1. The highest BCUT2D eigenvalue weighted by Crippen LogP contribution is 2.45. The third-order valence-corrected chi connectivity index (χ3v) is 4.97. The Balaban J connectivity index is 2.52. The van der Waals surface area contributed by atoms with Crippen LogP contribution in [0.5, 0.6) is 0 Å². The molecule has 1 unspecified atom stereocenters. The third kappa shape index (κ3) is 3.54. The highest BCUT2D eigenvalue weighted by molar-refractivity contribution is 8.01. The Bertz CT molecular complexity index is 640. The largest absolute Gasteiger partial charge is 0.468 e. The molecular formula is C18H17ClO2S. The fourth-order valence-corrected chi connectivity index (χ4v) is 3.68. The van der Waals surface area contributed by atoms with Gasteiger partial charge in [0.2, 0.25) is 0 Å². The van der Waals surface area contributed by atoms with Gasteiger partial charge in [0, 0.05) is 9.92 Å². The normalized spacial score (nSPS) is 13.2. The summed E-state index contributed by atoms with van der Waals surface area (Å²) in [7, 11) is 1.40. The van der Waals surface area contributed by atoms with Crippen molar-refractivity contribution in [3.8, 4) is 0 Å². The highest BCUT2D eigenvalue weighted by Gasteiger charge is 2.41. The van der Waals surface area contributed by atoms with E-state index in [1.165, 1.54) is 18.9 Å². The molecule has 0 N–H and O–H groups in total. The molecule has 22 heavy (non-hydrogen) atoms. The fraction of sp³-hybridized carbons (Fsp3) is 0.167. The number of carbonyl (C=O) groups is 1. The topological polar surface area (TPSA) is 26.3 Å². The minimum atomic E-state index is -0.873. The van der Waals surface area contributed by atoms with Crippen molar-refractivity contribution in [2.75, 3.05) is 7.11 Å². The second-order valence-electron chi connectivity index (χ2n) is 4.73. The van der Waals surface area contributed by atoms with Gasteiger partial charge >= 0.3 is 5.97 Å². The first kappa shape index (κ1) is 16.7. The van der Waals surface area contributed by atoms with Crippen LogP contribution in [-0.2, 0) is 14.3 Å². The SMILES string of the molecule is C=CCC(Sc1ccccc1)(C(=O)OC)c1ccc(Cl)cc1. The standard InChI is InChI=1S/C18H17ClO2S/c1-3-13-18(17(20)21-2,14-9-11-15(19)12-10-14)22-16-7-5-4-6-8-16/h3-12H,1,13H2,2H3. The van der Waals surface area contributed by atoms with Gasteiger partial charge in [-0.25, -0.2) is 0 Å². The number of thioether (sulfide) groups is 1. The lowest BCUT2D eigenvalue weighted by Crippen LogP contribution is -2.33. The Kier molecular flexibility index (Phi) is 5.69. The fourth-order valence-electron chi connectivity index (χ4n) is 2.24. The van der Waals surface area contributed by atoms with Gasteiger partial charge in [-0.2, -0.15) is 0 Å². The Morgan fingerprint density at radius 3 is 2.41 bits per heavy atom. The van der Waals surface area contributed by atoms with Gasteiger partial charge in [0.25, 0.3) is 0 Å². The van der Waals surface area contributed by atoms with E-state index in [9.17, 15) is 4.79 Å². The summed E-state index contributed by atoms with van der Waals surface area (Å²) >= 11 is 7.43. The van der Waals surface area contributed by atoms with E-state index in [1.807, 2.05) is 42.5 Å². The smallest absolute Gasteiger partial charge is 0.327 e. The van der Waals surface area contributed by atoms with E-state index in [0.717, 1.165) is 10.5 Å². The summed E-state index contributed by atoms with van der Waals surface area (Å²) in [5.74, 6) is -0.302. The summed E-state index contributed by atoms with van der Waals surface area (Å²) in [6, 6.07) is 17.1. The minimum absolute atomic E-state index is 0.302. The summed E-state index contributed by atoms with van der Waals surface area (Å²) in [5, 5.41) is 0.630. The van der Waals surface area contributed by atoms with Crippen LogP contribution in [0.25, 0.3) is 0 Å². The molecule has 0 aliphatic carbocycles. The van der Waals surface area contributed by atoms with Gasteiger partial charge in [0.05, 0.1) is 7.11 Å². The quantitative estimate of drug-likeness (QED) is 0.419.